The van der Waals surface area contributed by atoms with Gasteiger partial charge >= 0.3 is 0 Å². The second-order valence-electron chi connectivity index (χ2n) is 5.07. The Kier molecular flexibility index (Phi) is 5.18. The number of carbonyl (C=O) groups is 1. The number of ether oxygens (including phenoxy) is 1. The summed E-state index contributed by atoms with van der Waals surface area (Å²) in [6, 6.07) is 10.6. The molecule has 2 aromatic carbocycles. The molecule has 0 unspecified atom stereocenters. The molecule has 23 heavy (non-hydrogen) atoms. The van der Waals surface area contributed by atoms with Crippen molar-refractivity contribution < 1.29 is 14.5 Å². The minimum Gasteiger partial charge on any atom is -0.491 e. The SMILES string of the molecule is CC(C)Oc1ccc(NC(=O)c2ccc([N+](=O)[O-])cc2Cl)cc1. The standard InChI is InChI=1S/C16H15ClN2O4/c1-10(2)23-13-6-3-11(4-7-13)18-16(20)14-8-5-12(19(21)22)9-15(14)17/h3-10H,1-2H3,(H,18,20). The molecule has 120 valence electrons. The first-order chi connectivity index (χ1) is 10.9. The third-order valence-corrected chi connectivity index (χ3v) is 3.20. The molecule has 0 bridgehead atoms. The third-order valence-electron chi connectivity index (χ3n) is 2.89. The number of nitrogens with one attached hydrogen (secondary N) is 1. The van der Waals surface area contributed by atoms with Gasteiger partial charge in [0.25, 0.3) is 11.6 Å². The zero-order valence-electron chi connectivity index (χ0n) is 12.6. The molecule has 0 aromatic heterocycles. The second-order valence-corrected chi connectivity index (χ2v) is 5.47. The molecule has 0 aliphatic carbocycles. The monoisotopic (exact) mass is 334 g/mol. The number of non-ortho nitro benzene ring substituents is 1. The molecule has 0 atom stereocenters. The number of carbonyl (C=O) groups excluding carboxylic acids is 1. The quantitative estimate of drug-likeness (QED) is 0.653. The van der Waals surface area contributed by atoms with Crippen LogP contribution in [0.4, 0.5) is 11.4 Å². The van der Waals surface area contributed by atoms with Crippen LogP contribution in [0.3, 0.4) is 0 Å². The van der Waals surface area contributed by atoms with Gasteiger partial charge in [-0.05, 0) is 44.2 Å². The van der Waals surface area contributed by atoms with Gasteiger partial charge in [0.05, 0.1) is 21.6 Å². The van der Waals surface area contributed by atoms with Gasteiger partial charge in [-0.15, -0.1) is 0 Å². The van der Waals surface area contributed by atoms with E-state index in [1.54, 1.807) is 24.3 Å². The Balaban J connectivity index is 2.11. The van der Waals surface area contributed by atoms with Gasteiger partial charge in [-0.3, -0.25) is 14.9 Å². The fourth-order valence-corrected chi connectivity index (χ4v) is 2.15. The van der Waals surface area contributed by atoms with Crippen LogP contribution >= 0.6 is 11.6 Å². The predicted octanol–water partition coefficient (Wildman–Crippen LogP) is 4.29. The van der Waals surface area contributed by atoms with Crippen molar-refractivity contribution in [1.29, 1.82) is 0 Å². The second kappa shape index (κ2) is 7.11. The summed E-state index contributed by atoms with van der Waals surface area (Å²) in [7, 11) is 0. The highest BCUT2D eigenvalue weighted by molar-refractivity contribution is 6.34. The molecule has 0 heterocycles. The number of nitro groups is 1. The van der Waals surface area contributed by atoms with Crippen LogP contribution in [-0.2, 0) is 0 Å². The van der Waals surface area contributed by atoms with Crippen molar-refractivity contribution in [2.75, 3.05) is 5.32 Å². The molecule has 2 aromatic rings. The van der Waals surface area contributed by atoms with Gasteiger partial charge in [0.15, 0.2) is 0 Å². The van der Waals surface area contributed by atoms with Crippen LogP contribution in [0.15, 0.2) is 42.5 Å². The highest BCUT2D eigenvalue weighted by Crippen LogP contribution is 2.24. The number of anilines is 1. The summed E-state index contributed by atoms with van der Waals surface area (Å²) in [5.74, 6) is 0.258. The van der Waals surface area contributed by atoms with Crippen molar-refractivity contribution in [3.63, 3.8) is 0 Å². The molecule has 1 amide bonds. The Morgan fingerprint density at radius 3 is 2.39 bits per heavy atom. The first-order valence-electron chi connectivity index (χ1n) is 6.89. The number of nitro benzene ring substituents is 1. The minimum atomic E-state index is -0.568. The number of rotatable bonds is 5. The number of hydrogen-bond acceptors (Lipinski definition) is 4. The van der Waals surface area contributed by atoms with Gasteiger partial charge in [-0.1, -0.05) is 11.6 Å². The van der Waals surface area contributed by atoms with Gasteiger partial charge in [-0.25, -0.2) is 0 Å². The smallest absolute Gasteiger partial charge is 0.270 e. The van der Waals surface area contributed by atoms with Crippen molar-refractivity contribution in [3.05, 3.63) is 63.2 Å². The molecule has 6 nitrogen and oxygen atoms in total. The van der Waals surface area contributed by atoms with Gasteiger partial charge in [0.1, 0.15) is 5.75 Å². The molecule has 1 N–H and O–H groups in total. The summed E-state index contributed by atoms with van der Waals surface area (Å²) in [6.07, 6.45) is 0.0642. The maximum absolute atomic E-state index is 12.2. The molecule has 0 aliphatic rings. The van der Waals surface area contributed by atoms with Crippen LogP contribution in [0.5, 0.6) is 5.75 Å². The Hall–Kier alpha value is -2.60. The number of halogens is 1. The molecule has 0 spiro atoms. The normalized spacial score (nSPS) is 10.4. The van der Waals surface area contributed by atoms with E-state index in [0.717, 1.165) is 6.07 Å². The Morgan fingerprint density at radius 2 is 1.87 bits per heavy atom. The number of hydrogen-bond donors (Lipinski definition) is 1. The average Bonchev–Trinajstić information content (AvgIpc) is 2.48. The van der Waals surface area contributed by atoms with Crippen molar-refractivity contribution >= 4 is 28.9 Å². The molecule has 0 fully saturated rings. The molecule has 2 rings (SSSR count). The van der Waals surface area contributed by atoms with Gasteiger partial charge in [-0.2, -0.15) is 0 Å². The van der Waals surface area contributed by atoms with Crippen LogP contribution in [0.25, 0.3) is 0 Å². The van der Waals surface area contributed by atoms with Crippen LogP contribution in [-0.4, -0.2) is 16.9 Å². The lowest BCUT2D eigenvalue weighted by Gasteiger charge is -2.11. The van der Waals surface area contributed by atoms with E-state index in [1.807, 2.05) is 13.8 Å². The topological polar surface area (TPSA) is 81.5 Å². The fourth-order valence-electron chi connectivity index (χ4n) is 1.89. The van der Waals surface area contributed by atoms with Crippen molar-refractivity contribution in [3.8, 4) is 5.75 Å². The van der Waals surface area contributed by atoms with E-state index in [2.05, 4.69) is 5.32 Å². The molecule has 0 aliphatic heterocycles. The minimum absolute atomic E-state index is 0.0245. The van der Waals surface area contributed by atoms with E-state index >= 15 is 0 Å². The fraction of sp³-hybridized carbons (Fsp3) is 0.188. The van der Waals surface area contributed by atoms with Gasteiger partial charge in [0, 0.05) is 17.8 Å². The third kappa shape index (κ3) is 4.43. The van der Waals surface area contributed by atoms with E-state index in [0.29, 0.717) is 11.4 Å². The van der Waals surface area contributed by atoms with Crippen LogP contribution in [0.2, 0.25) is 5.02 Å². The average molecular weight is 335 g/mol. The van der Waals surface area contributed by atoms with Gasteiger partial charge < -0.3 is 10.1 Å². The molecular weight excluding hydrogens is 320 g/mol. The Bertz CT molecular complexity index is 729. The lowest BCUT2D eigenvalue weighted by Crippen LogP contribution is -2.12. The van der Waals surface area contributed by atoms with E-state index in [-0.39, 0.29) is 22.4 Å². The lowest BCUT2D eigenvalue weighted by atomic mass is 10.2. The molecule has 0 radical (unpaired) electrons. The predicted molar refractivity (Wildman–Crippen MR) is 88.3 cm³/mol. The maximum Gasteiger partial charge on any atom is 0.270 e. The highest BCUT2D eigenvalue weighted by atomic mass is 35.5. The van der Waals surface area contributed by atoms with Crippen molar-refractivity contribution in [1.82, 2.24) is 0 Å². The first-order valence-corrected chi connectivity index (χ1v) is 7.26. The first kappa shape index (κ1) is 16.8. The number of amides is 1. The lowest BCUT2D eigenvalue weighted by molar-refractivity contribution is -0.384. The zero-order valence-corrected chi connectivity index (χ0v) is 13.3. The molecular formula is C16H15ClN2O4. The summed E-state index contributed by atoms with van der Waals surface area (Å²) < 4.78 is 5.52. The van der Waals surface area contributed by atoms with Gasteiger partial charge in [0.2, 0.25) is 0 Å². The van der Waals surface area contributed by atoms with Crippen molar-refractivity contribution in [2.45, 2.75) is 20.0 Å². The van der Waals surface area contributed by atoms with Crippen LogP contribution in [0.1, 0.15) is 24.2 Å². The van der Waals surface area contributed by atoms with Crippen LogP contribution < -0.4 is 10.1 Å². The Morgan fingerprint density at radius 1 is 1.22 bits per heavy atom. The van der Waals surface area contributed by atoms with Crippen molar-refractivity contribution in [2.24, 2.45) is 0 Å². The summed E-state index contributed by atoms with van der Waals surface area (Å²) in [6.45, 7) is 3.85. The largest absolute Gasteiger partial charge is 0.491 e. The maximum atomic E-state index is 12.2. The number of nitrogens with zero attached hydrogens (tertiary/aromatic N) is 1. The van der Waals surface area contributed by atoms with Crippen LogP contribution in [0, 0.1) is 10.1 Å². The summed E-state index contributed by atoms with van der Waals surface area (Å²) in [5, 5.41) is 13.4. The van der Waals surface area contributed by atoms with E-state index in [1.165, 1.54) is 12.1 Å². The summed E-state index contributed by atoms with van der Waals surface area (Å²) in [4.78, 5) is 22.3. The Labute approximate surface area is 138 Å². The highest BCUT2D eigenvalue weighted by Gasteiger charge is 2.15. The molecule has 0 saturated carbocycles. The molecule has 0 saturated heterocycles. The molecule has 7 heteroatoms. The summed E-state index contributed by atoms with van der Waals surface area (Å²) in [5.41, 5.74) is 0.571. The van der Waals surface area contributed by atoms with E-state index in [9.17, 15) is 14.9 Å². The zero-order chi connectivity index (χ0) is 17.0. The summed E-state index contributed by atoms with van der Waals surface area (Å²) >= 11 is 5.93. The van der Waals surface area contributed by atoms with E-state index in [4.69, 9.17) is 16.3 Å². The van der Waals surface area contributed by atoms with E-state index < -0.39 is 10.8 Å². The number of benzene rings is 2.